The lowest BCUT2D eigenvalue weighted by atomic mass is 10.1. The first-order valence-corrected chi connectivity index (χ1v) is 6.20. The van der Waals surface area contributed by atoms with Gasteiger partial charge in [-0.1, -0.05) is 0 Å². The van der Waals surface area contributed by atoms with Gasteiger partial charge < -0.3 is 15.5 Å². The zero-order valence-electron chi connectivity index (χ0n) is 11.6. The Morgan fingerprint density at radius 3 is 2.78 bits per heavy atom. The van der Waals surface area contributed by atoms with Gasteiger partial charge in [0.2, 0.25) is 0 Å². The van der Waals surface area contributed by atoms with Crippen LogP contribution in [0.15, 0.2) is 11.2 Å². The largest absolute Gasteiger partial charge is 0.370 e. The summed E-state index contributed by atoms with van der Waals surface area (Å²) in [5.74, 6) is 0.644. The molecular weight excluding hydrogens is 228 g/mol. The van der Waals surface area contributed by atoms with E-state index < -0.39 is 0 Å². The van der Waals surface area contributed by atoms with Crippen molar-refractivity contribution >= 4 is 5.96 Å². The maximum atomic E-state index is 5.98. The summed E-state index contributed by atoms with van der Waals surface area (Å²) in [6, 6.07) is 0.235. The van der Waals surface area contributed by atoms with Crippen LogP contribution in [0.25, 0.3) is 0 Å². The summed E-state index contributed by atoms with van der Waals surface area (Å²) in [7, 11) is 6.07. The fraction of sp³-hybridized carbons (Fsp3) is 0.667. The number of hydrogen-bond acceptors (Lipinski definition) is 5. The van der Waals surface area contributed by atoms with Gasteiger partial charge in [0.15, 0.2) is 5.96 Å². The van der Waals surface area contributed by atoms with Gasteiger partial charge in [0.25, 0.3) is 0 Å². The highest BCUT2D eigenvalue weighted by atomic mass is 15.3. The number of aliphatic imine (C=N–C) groups is 1. The van der Waals surface area contributed by atoms with Crippen molar-refractivity contribution in [2.45, 2.75) is 13.0 Å². The maximum absolute atomic E-state index is 5.98. The number of nitrogens with zero attached hydrogens (tertiary/aromatic N) is 5. The molecule has 1 unspecified atom stereocenters. The number of aromatic nitrogens is 2. The van der Waals surface area contributed by atoms with Gasteiger partial charge in [0.1, 0.15) is 0 Å². The number of nitrogens with two attached hydrogens (primary N) is 1. The Balaban J connectivity index is 2.15. The summed E-state index contributed by atoms with van der Waals surface area (Å²) in [5, 5.41) is 4.40. The van der Waals surface area contributed by atoms with Crippen LogP contribution in [0.1, 0.15) is 17.3 Å². The Morgan fingerprint density at radius 2 is 2.22 bits per heavy atom. The molecule has 2 rings (SSSR count). The molecule has 100 valence electrons. The average Bonchev–Trinajstić information content (AvgIpc) is 2.79. The van der Waals surface area contributed by atoms with E-state index in [2.05, 4.69) is 40.2 Å². The normalized spacial score (nSPS) is 19.7. The molecule has 1 aromatic rings. The summed E-state index contributed by atoms with van der Waals surface area (Å²) in [5.41, 5.74) is 8.26. The molecule has 0 radical (unpaired) electrons. The van der Waals surface area contributed by atoms with Crippen LogP contribution in [0.5, 0.6) is 0 Å². The smallest absolute Gasteiger partial charge is 0.191 e. The molecule has 0 aliphatic carbocycles. The van der Waals surface area contributed by atoms with Crippen LogP contribution < -0.4 is 5.73 Å². The predicted octanol–water partition coefficient (Wildman–Crippen LogP) is -0.0385. The summed E-state index contributed by atoms with van der Waals surface area (Å²) >= 11 is 0. The van der Waals surface area contributed by atoms with Crippen molar-refractivity contribution in [3.05, 3.63) is 17.5 Å². The second-order valence-corrected chi connectivity index (χ2v) is 5.05. The highest BCUT2D eigenvalue weighted by Crippen LogP contribution is 2.26. The Hall–Kier alpha value is -1.56. The van der Waals surface area contributed by atoms with E-state index in [4.69, 9.17) is 5.73 Å². The van der Waals surface area contributed by atoms with Crippen molar-refractivity contribution < 1.29 is 0 Å². The van der Waals surface area contributed by atoms with Crippen molar-refractivity contribution in [1.29, 1.82) is 0 Å². The third-order valence-electron chi connectivity index (χ3n) is 3.30. The molecule has 6 heteroatoms. The first-order chi connectivity index (χ1) is 8.49. The molecule has 0 bridgehead atoms. The van der Waals surface area contributed by atoms with Crippen molar-refractivity contribution in [1.82, 2.24) is 19.6 Å². The number of aryl methyl sites for hydroxylation is 2. The van der Waals surface area contributed by atoms with E-state index in [0.29, 0.717) is 5.96 Å². The standard InChI is InChI=1S/C12H22N6/c1-9-10(8-17(4)15-9)11-7-14-12(13)18(11)6-5-16(2)3/h8,11H,5-7H2,1-4H3,(H2,13,14). The molecule has 2 heterocycles. The second-order valence-electron chi connectivity index (χ2n) is 5.05. The van der Waals surface area contributed by atoms with Crippen LogP contribution in [0.2, 0.25) is 0 Å². The molecule has 6 nitrogen and oxygen atoms in total. The summed E-state index contributed by atoms with van der Waals surface area (Å²) in [6.07, 6.45) is 2.07. The highest BCUT2D eigenvalue weighted by molar-refractivity contribution is 5.80. The fourth-order valence-corrected chi connectivity index (χ4v) is 2.32. The quantitative estimate of drug-likeness (QED) is 0.814. The van der Waals surface area contributed by atoms with Crippen LogP contribution in [0.3, 0.4) is 0 Å². The first-order valence-electron chi connectivity index (χ1n) is 6.20. The third-order valence-corrected chi connectivity index (χ3v) is 3.30. The van der Waals surface area contributed by atoms with E-state index >= 15 is 0 Å². The Morgan fingerprint density at radius 1 is 1.50 bits per heavy atom. The van der Waals surface area contributed by atoms with Crippen LogP contribution >= 0.6 is 0 Å². The molecule has 1 aliphatic heterocycles. The third kappa shape index (κ3) is 2.48. The Bertz CT molecular complexity index is 447. The molecule has 2 N–H and O–H groups in total. The van der Waals surface area contributed by atoms with E-state index in [1.165, 1.54) is 5.56 Å². The van der Waals surface area contributed by atoms with Gasteiger partial charge in [-0.3, -0.25) is 9.67 Å². The minimum atomic E-state index is 0.235. The number of rotatable bonds is 4. The van der Waals surface area contributed by atoms with Gasteiger partial charge in [-0.2, -0.15) is 5.10 Å². The SMILES string of the molecule is Cc1nn(C)cc1C1CN=C(N)N1CCN(C)C. The van der Waals surface area contributed by atoms with Crippen LogP contribution in [0, 0.1) is 6.92 Å². The fourth-order valence-electron chi connectivity index (χ4n) is 2.32. The molecule has 0 amide bonds. The lowest BCUT2D eigenvalue weighted by molar-refractivity contribution is 0.292. The van der Waals surface area contributed by atoms with E-state index in [9.17, 15) is 0 Å². The van der Waals surface area contributed by atoms with Gasteiger partial charge in [0, 0.05) is 31.9 Å². The van der Waals surface area contributed by atoms with E-state index in [1.807, 2.05) is 18.7 Å². The van der Waals surface area contributed by atoms with E-state index in [1.54, 1.807) is 0 Å². The van der Waals surface area contributed by atoms with E-state index in [-0.39, 0.29) is 6.04 Å². The summed E-state index contributed by atoms with van der Waals surface area (Å²) < 4.78 is 1.85. The molecule has 0 aromatic carbocycles. The number of guanidine groups is 1. The van der Waals surface area contributed by atoms with Crippen LogP contribution in [0.4, 0.5) is 0 Å². The second kappa shape index (κ2) is 4.97. The predicted molar refractivity (Wildman–Crippen MR) is 72.4 cm³/mol. The van der Waals surface area contributed by atoms with Gasteiger partial charge in [-0.25, -0.2) is 0 Å². The number of hydrogen-bond donors (Lipinski definition) is 1. The molecule has 18 heavy (non-hydrogen) atoms. The molecule has 0 fully saturated rings. The van der Waals surface area contributed by atoms with Crippen molar-refractivity contribution in [3.8, 4) is 0 Å². The zero-order chi connectivity index (χ0) is 13.3. The topological polar surface area (TPSA) is 62.7 Å². The molecule has 0 spiro atoms. The Labute approximate surface area is 108 Å². The minimum absolute atomic E-state index is 0.235. The first kappa shape index (κ1) is 12.9. The van der Waals surface area contributed by atoms with Crippen molar-refractivity contribution in [2.75, 3.05) is 33.7 Å². The molecule has 0 saturated carbocycles. The maximum Gasteiger partial charge on any atom is 0.191 e. The number of likely N-dealkylation sites (N-methyl/N-ethyl adjacent to an activating group) is 1. The summed E-state index contributed by atoms with van der Waals surface area (Å²) in [4.78, 5) is 8.69. The van der Waals surface area contributed by atoms with Crippen LogP contribution in [-0.2, 0) is 7.05 Å². The lowest BCUT2D eigenvalue weighted by Crippen LogP contribution is -2.40. The molecular formula is C12H22N6. The van der Waals surface area contributed by atoms with Crippen LogP contribution in [-0.4, -0.2) is 59.3 Å². The van der Waals surface area contributed by atoms with Gasteiger partial charge >= 0.3 is 0 Å². The van der Waals surface area contributed by atoms with Crippen molar-refractivity contribution in [3.63, 3.8) is 0 Å². The zero-order valence-corrected chi connectivity index (χ0v) is 11.6. The van der Waals surface area contributed by atoms with Crippen molar-refractivity contribution in [2.24, 2.45) is 17.8 Å². The highest BCUT2D eigenvalue weighted by Gasteiger charge is 2.29. The monoisotopic (exact) mass is 250 g/mol. The molecule has 1 aliphatic rings. The summed E-state index contributed by atoms with van der Waals surface area (Å²) in [6.45, 7) is 4.62. The van der Waals surface area contributed by atoms with Gasteiger partial charge in [0.05, 0.1) is 18.3 Å². The van der Waals surface area contributed by atoms with Gasteiger partial charge in [-0.15, -0.1) is 0 Å². The Kier molecular flexibility index (Phi) is 3.56. The lowest BCUT2D eigenvalue weighted by Gasteiger charge is -2.27. The molecule has 1 atom stereocenters. The van der Waals surface area contributed by atoms with Gasteiger partial charge in [-0.05, 0) is 21.0 Å². The molecule has 1 aromatic heterocycles. The average molecular weight is 250 g/mol. The molecule has 0 saturated heterocycles. The minimum Gasteiger partial charge on any atom is -0.370 e. The van der Waals surface area contributed by atoms with E-state index in [0.717, 1.165) is 25.3 Å².